The Labute approximate surface area is 86.8 Å². The fourth-order valence-electron chi connectivity index (χ4n) is 1.56. The van der Waals surface area contributed by atoms with Gasteiger partial charge in [-0.3, -0.25) is 0 Å². The molecule has 2 heteroatoms. The van der Waals surface area contributed by atoms with Crippen molar-refractivity contribution in [2.75, 3.05) is 5.32 Å². The van der Waals surface area contributed by atoms with Crippen molar-refractivity contribution >= 4 is 5.82 Å². The van der Waals surface area contributed by atoms with E-state index in [1.165, 1.54) is 12.8 Å². The molecular weight excluding hydrogens is 172 g/mol. The Bertz CT molecular complexity index is 271. The number of pyridine rings is 1. The molecule has 0 aliphatic rings. The van der Waals surface area contributed by atoms with Crippen LogP contribution >= 0.6 is 0 Å². The molecule has 0 amide bonds. The van der Waals surface area contributed by atoms with Crippen molar-refractivity contribution < 1.29 is 0 Å². The van der Waals surface area contributed by atoms with Crippen LogP contribution in [0.25, 0.3) is 0 Å². The molecule has 0 radical (unpaired) electrons. The van der Waals surface area contributed by atoms with Gasteiger partial charge in [0.2, 0.25) is 0 Å². The van der Waals surface area contributed by atoms with E-state index < -0.39 is 0 Å². The molecule has 0 saturated heterocycles. The topological polar surface area (TPSA) is 24.9 Å². The second kappa shape index (κ2) is 5.63. The summed E-state index contributed by atoms with van der Waals surface area (Å²) in [5, 5.41) is 3.46. The maximum atomic E-state index is 4.43. The average molecular weight is 192 g/mol. The summed E-state index contributed by atoms with van der Waals surface area (Å²) < 4.78 is 0. The van der Waals surface area contributed by atoms with Crippen LogP contribution in [0.5, 0.6) is 0 Å². The summed E-state index contributed by atoms with van der Waals surface area (Å²) in [5.41, 5.74) is 1.07. The van der Waals surface area contributed by atoms with Gasteiger partial charge in [-0.2, -0.15) is 0 Å². The predicted octanol–water partition coefficient (Wildman–Crippen LogP) is 3.38. The van der Waals surface area contributed by atoms with Crippen LogP contribution in [-0.4, -0.2) is 11.0 Å². The molecule has 1 aromatic heterocycles. The van der Waals surface area contributed by atoms with Crippen molar-refractivity contribution in [1.82, 2.24) is 4.98 Å². The Balaban J connectivity index is 2.57. The Hall–Kier alpha value is -1.05. The fourth-order valence-corrected chi connectivity index (χ4v) is 1.56. The molecule has 78 valence electrons. The van der Waals surface area contributed by atoms with Crippen molar-refractivity contribution in [1.29, 1.82) is 0 Å². The summed E-state index contributed by atoms with van der Waals surface area (Å²) >= 11 is 0. The van der Waals surface area contributed by atoms with Crippen molar-refractivity contribution in [3.05, 3.63) is 23.9 Å². The van der Waals surface area contributed by atoms with Gasteiger partial charge in [0.05, 0.1) is 0 Å². The van der Waals surface area contributed by atoms with Crippen molar-refractivity contribution in [3.8, 4) is 0 Å². The lowest BCUT2D eigenvalue weighted by Crippen LogP contribution is -2.18. The zero-order chi connectivity index (χ0) is 10.4. The third-order valence-electron chi connectivity index (χ3n) is 2.37. The highest BCUT2D eigenvalue weighted by molar-refractivity contribution is 5.36. The van der Waals surface area contributed by atoms with Gasteiger partial charge in [0.25, 0.3) is 0 Å². The molecule has 1 unspecified atom stereocenters. The van der Waals surface area contributed by atoms with Crippen LogP contribution in [0.3, 0.4) is 0 Å². The Morgan fingerprint density at radius 3 is 2.71 bits per heavy atom. The second-order valence-electron chi connectivity index (χ2n) is 3.70. The summed E-state index contributed by atoms with van der Waals surface area (Å²) in [5.74, 6) is 1.00. The van der Waals surface area contributed by atoms with E-state index in [1.807, 2.05) is 25.1 Å². The van der Waals surface area contributed by atoms with Crippen molar-refractivity contribution in [3.63, 3.8) is 0 Å². The van der Waals surface area contributed by atoms with E-state index in [1.54, 1.807) is 0 Å². The van der Waals surface area contributed by atoms with E-state index in [0.717, 1.165) is 17.9 Å². The number of aryl methyl sites for hydroxylation is 1. The molecule has 0 aliphatic heterocycles. The lowest BCUT2D eigenvalue weighted by molar-refractivity contribution is 0.620. The summed E-state index contributed by atoms with van der Waals surface area (Å²) in [4.78, 5) is 4.43. The number of aromatic nitrogens is 1. The number of nitrogens with one attached hydrogen (secondary N) is 1. The predicted molar refractivity (Wildman–Crippen MR) is 61.6 cm³/mol. The van der Waals surface area contributed by atoms with Gasteiger partial charge in [-0.05, 0) is 31.9 Å². The minimum atomic E-state index is 0.564. The van der Waals surface area contributed by atoms with Gasteiger partial charge in [0.1, 0.15) is 5.82 Å². The Morgan fingerprint density at radius 1 is 1.36 bits per heavy atom. The summed E-state index contributed by atoms with van der Waals surface area (Å²) in [6, 6.07) is 6.66. The molecule has 0 fully saturated rings. The van der Waals surface area contributed by atoms with Crippen LogP contribution in [0.4, 0.5) is 5.82 Å². The van der Waals surface area contributed by atoms with E-state index in [-0.39, 0.29) is 0 Å². The Kier molecular flexibility index (Phi) is 4.44. The van der Waals surface area contributed by atoms with Crippen LogP contribution in [0.15, 0.2) is 18.2 Å². The number of rotatable bonds is 5. The largest absolute Gasteiger partial charge is 0.367 e. The van der Waals surface area contributed by atoms with Crippen LogP contribution in [0.2, 0.25) is 0 Å². The molecule has 1 aromatic rings. The lowest BCUT2D eigenvalue weighted by Gasteiger charge is -2.16. The minimum absolute atomic E-state index is 0.564. The molecule has 1 N–H and O–H groups in total. The standard InChI is InChI=1S/C12H20N2/c1-4-7-11(5-2)14-12-9-6-8-10(3)13-12/h6,8-9,11H,4-5,7H2,1-3H3,(H,13,14). The highest BCUT2D eigenvalue weighted by Gasteiger charge is 2.04. The number of nitrogens with zero attached hydrogens (tertiary/aromatic N) is 1. The third-order valence-corrected chi connectivity index (χ3v) is 2.37. The van der Waals surface area contributed by atoms with E-state index in [0.29, 0.717) is 6.04 Å². The van der Waals surface area contributed by atoms with Gasteiger partial charge in [-0.15, -0.1) is 0 Å². The van der Waals surface area contributed by atoms with E-state index >= 15 is 0 Å². The molecule has 0 bridgehead atoms. The first-order chi connectivity index (χ1) is 6.76. The molecule has 1 rings (SSSR count). The van der Waals surface area contributed by atoms with Crippen molar-refractivity contribution in [2.24, 2.45) is 0 Å². The van der Waals surface area contributed by atoms with Gasteiger partial charge >= 0.3 is 0 Å². The van der Waals surface area contributed by atoms with Gasteiger partial charge in [0, 0.05) is 11.7 Å². The van der Waals surface area contributed by atoms with Crippen LogP contribution in [0, 0.1) is 6.92 Å². The SMILES string of the molecule is CCCC(CC)Nc1cccc(C)n1. The van der Waals surface area contributed by atoms with Crippen LogP contribution in [0.1, 0.15) is 38.8 Å². The highest BCUT2D eigenvalue weighted by Crippen LogP contribution is 2.10. The minimum Gasteiger partial charge on any atom is -0.367 e. The zero-order valence-electron chi connectivity index (χ0n) is 9.38. The summed E-state index contributed by atoms with van der Waals surface area (Å²) in [7, 11) is 0. The molecule has 1 heterocycles. The molecule has 14 heavy (non-hydrogen) atoms. The average Bonchev–Trinajstić information content (AvgIpc) is 2.17. The maximum Gasteiger partial charge on any atom is 0.126 e. The first-order valence-corrected chi connectivity index (χ1v) is 5.46. The maximum absolute atomic E-state index is 4.43. The summed E-state index contributed by atoms with van der Waals surface area (Å²) in [6.45, 7) is 6.45. The number of hydrogen-bond acceptors (Lipinski definition) is 2. The van der Waals surface area contributed by atoms with E-state index in [2.05, 4.69) is 24.1 Å². The molecule has 0 saturated carbocycles. The van der Waals surface area contributed by atoms with Gasteiger partial charge in [-0.25, -0.2) is 4.98 Å². The van der Waals surface area contributed by atoms with Gasteiger partial charge < -0.3 is 5.32 Å². The number of anilines is 1. The van der Waals surface area contributed by atoms with E-state index in [4.69, 9.17) is 0 Å². The molecule has 0 spiro atoms. The fraction of sp³-hybridized carbons (Fsp3) is 0.583. The second-order valence-corrected chi connectivity index (χ2v) is 3.70. The first kappa shape index (κ1) is 11.0. The zero-order valence-corrected chi connectivity index (χ0v) is 9.38. The van der Waals surface area contributed by atoms with Crippen LogP contribution in [-0.2, 0) is 0 Å². The molecule has 0 aliphatic carbocycles. The third kappa shape index (κ3) is 3.36. The van der Waals surface area contributed by atoms with Crippen molar-refractivity contribution in [2.45, 2.75) is 46.1 Å². The molecule has 0 aromatic carbocycles. The highest BCUT2D eigenvalue weighted by atomic mass is 15.0. The molecule has 1 atom stereocenters. The van der Waals surface area contributed by atoms with Gasteiger partial charge in [0.15, 0.2) is 0 Å². The monoisotopic (exact) mass is 192 g/mol. The summed E-state index contributed by atoms with van der Waals surface area (Å²) in [6.07, 6.45) is 3.59. The lowest BCUT2D eigenvalue weighted by atomic mass is 10.1. The number of hydrogen-bond donors (Lipinski definition) is 1. The quantitative estimate of drug-likeness (QED) is 0.773. The Morgan fingerprint density at radius 2 is 2.14 bits per heavy atom. The normalized spacial score (nSPS) is 12.5. The first-order valence-electron chi connectivity index (χ1n) is 5.46. The molecule has 2 nitrogen and oxygen atoms in total. The van der Waals surface area contributed by atoms with Crippen LogP contribution < -0.4 is 5.32 Å². The van der Waals surface area contributed by atoms with E-state index in [9.17, 15) is 0 Å². The van der Waals surface area contributed by atoms with Gasteiger partial charge in [-0.1, -0.05) is 26.3 Å². The molecular formula is C12H20N2. The smallest absolute Gasteiger partial charge is 0.126 e.